The molecule has 1 amide bonds. The summed E-state index contributed by atoms with van der Waals surface area (Å²) in [7, 11) is -5.32. The van der Waals surface area contributed by atoms with E-state index in [9.17, 15) is 30.6 Å². The molecule has 2 aliphatic heterocycles. The van der Waals surface area contributed by atoms with Crippen molar-refractivity contribution >= 4 is 42.7 Å². The summed E-state index contributed by atoms with van der Waals surface area (Å²) in [4.78, 5) is 16.0. The molecule has 71 heavy (non-hydrogen) atoms. The molecule has 2 N–H and O–H groups in total. The number of carbonyl (C=O) groups excluding carboxylic acids is 1. The van der Waals surface area contributed by atoms with Gasteiger partial charge in [-0.1, -0.05) is 42.8 Å². The van der Waals surface area contributed by atoms with Gasteiger partial charge in [-0.2, -0.15) is 0 Å². The number of hydrogen-bond acceptors (Lipinski definition) is 10. The van der Waals surface area contributed by atoms with Crippen LogP contribution in [0.2, 0.25) is 0 Å². The zero-order valence-electron chi connectivity index (χ0n) is 41.9. The number of hydrogen-bond donors (Lipinski definition) is 2. The summed E-state index contributed by atoms with van der Waals surface area (Å²) >= 11 is 0. The van der Waals surface area contributed by atoms with Crippen molar-refractivity contribution < 1.29 is 39.7 Å². The molecule has 4 aromatic rings. The minimum atomic E-state index is -5.19. The van der Waals surface area contributed by atoms with Gasteiger partial charge in [0.05, 0.1) is 22.5 Å². The number of fused-ring (bicyclic) bond motifs is 3. The second kappa shape index (κ2) is 23.4. The number of ether oxygens (including phenoxy) is 1. The number of amides is 1. The summed E-state index contributed by atoms with van der Waals surface area (Å²) < 4.78 is 98.0. The van der Waals surface area contributed by atoms with Gasteiger partial charge in [-0.05, 0) is 152 Å². The molecule has 7 rings (SSSR count). The fourth-order valence-electron chi connectivity index (χ4n) is 9.85. The molecule has 4 aromatic carbocycles. The molecule has 3 aliphatic rings. The average Bonchev–Trinajstić information content (AvgIpc) is 3.71. The maximum Gasteiger partial charge on any atom is 0.240 e. The Morgan fingerprint density at radius 3 is 2.25 bits per heavy atom. The van der Waals surface area contributed by atoms with E-state index >= 15 is 0 Å². The molecule has 16 heteroatoms. The lowest BCUT2D eigenvalue weighted by atomic mass is 9.81. The van der Waals surface area contributed by atoms with Gasteiger partial charge in [0.15, 0.2) is 0 Å². The van der Waals surface area contributed by atoms with Crippen LogP contribution in [0.3, 0.4) is 0 Å². The maximum absolute atomic E-state index is 13.9. The van der Waals surface area contributed by atoms with E-state index in [4.69, 9.17) is 9.15 Å². The highest BCUT2D eigenvalue weighted by atomic mass is 32.2. The summed E-state index contributed by atoms with van der Waals surface area (Å²) in [5.74, 6) is 0.125. The van der Waals surface area contributed by atoms with E-state index < -0.39 is 30.6 Å². The highest BCUT2D eigenvalue weighted by Gasteiger charge is 2.41. The van der Waals surface area contributed by atoms with Crippen LogP contribution in [0.15, 0.2) is 111 Å². The summed E-state index contributed by atoms with van der Waals surface area (Å²) in [6, 6.07) is 28.0. The van der Waals surface area contributed by atoms with Crippen LogP contribution in [0.25, 0.3) is 33.4 Å². The number of anilines is 1. The van der Waals surface area contributed by atoms with E-state index in [0.717, 1.165) is 97.8 Å². The predicted octanol–water partition coefficient (Wildman–Crippen LogP) is 8.61. The molecule has 0 fully saturated rings. The number of aryl methyl sites for hydroxylation is 1. The Hall–Kier alpha value is -5.49. The molecule has 0 unspecified atom stereocenters. The summed E-state index contributed by atoms with van der Waals surface area (Å²) in [5.41, 5.74) is 6.20. The summed E-state index contributed by atoms with van der Waals surface area (Å²) in [5, 5.41) is 4.48. The highest BCUT2D eigenvalue weighted by molar-refractivity contribution is 7.89. The number of benzene rings is 5. The first-order valence-corrected chi connectivity index (χ1v) is 27.8. The van der Waals surface area contributed by atoms with Crippen molar-refractivity contribution in [1.29, 1.82) is 0 Å². The Kier molecular flexibility index (Phi) is 17.6. The van der Waals surface area contributed by atoms with Gasteiger partial charge < -0.3 is 28.8 Å². The average molecular weight is 1010 g/mol. The van der Waals surface area contributed by atoms with Crippen molar-refractivity contribution in [3.8, 4) is 22.5 Å². The molecule has 0 saturated heterocycles. The van der Waals surface area contributed by atoms with Crippen molar-refractivity contribution in [2.75, 3.05) is 64.8 Å². The van der Waals surface area contributed by atoms with Crippen LogP contribution in [0, 0.1) is 5.82 Å². The molecule has 0 saturated carbocycles. The highest BCUT2D eigenvalue weighted by Crippen LogP contribution is 2.46. The van der Waals surface area contributed by atoms with Crippen molar-refractivity contribution in [3.05, 3.63) is 130 Å². The number of sulfonamides is 1. The number of halogens is 1. The molecule has 0 radical (unpaired) electrons. The summed E-state index contributed by atoms with van der Waals surface area (Å²) in [6.07, 6.45) is 5.07. The van der Waals surface area contributed by atoms with Crippen LogP contribution in [0.4, 0.5) is 10.1 Å². The minimum Gasteiger partial charge on any atom is -0.744 e. The Balaban J connectivity index is 0.947. The minimum absolute atomic E-state index is 0.0529. The zero-order chi connectivity index (χ0) is 50.9. The fraction of sp³-hybridized carbons (Fsp3) is 0.418. The zero-order valence-corrected chi connectivity index (χ0v) is 43.5. The molecule has 1 atom stereocenters. The first-order chi connectivity index (χ1) is 34.0. The maximum atomic E-state index is 13.9. The first kappa shape index (κ1) is 53.3. The standard InChI is InChI=1S/C55H68FN5O8S2/c1-7-60(8-2)43-23-26-46-50(35-43)69-51-36-44(61(9-3)10-4)24-27-47(51)54(46)48-28-25-45(37-52(48)71(65,66)67)70(63,64)58-32-13-11-12-17-53(62)57-31-14-16-39-18-29-49-40(34-39)38-68-55(49,30-15-33-59(5)6)41-19-21-42(56)22-20-41/h18-29,34-37,58H,7-17,30-33,38H2,1-6H3,(H-,57,62,65,66,67)/t55-/m0/s1. The lowest BCUT2D eigenvalue weighted by Crippen LogP contribution is -2.29. The number of unbranched alkanes of at least 4 members (excludes halogenated alkanes) is 2. The Labute approximate surface area is 418 Å². The second-order valence-corrected chi connectivity index (χ2v) is 21.6. The molecule has 13 nitrogen and oxygen atoms in total. The van der Waals surface area contributed by atoms with Crippen LogP contribution >= 0.6 is 0 Å². The van der Waals surface area contributed by atoms with Gasteiger partial charge >= 0.3 is 0 Å². The molecular formula is C55H68FN5O8S2. The van der Waals surface area contributed by atoms with Gasteiger partial charge in [-0.3, -0.25) is 4.79 Å². The normalized spacial score (nSPS) is 14.9. The van der Waals surface area contributed by atoms with Crippen molar-refractivity contribution in [2.24, 2.45) is 0 Å². The van der Waals surface area contributed by atoms with Gasteiger partial charge in [-0.25, -0.2) is 30.5 Å². The van der Waals surface area contributed by atoms with E-state index in [1.807, 2.05) is 62.6 Å². The second-order valence-electron chi connectivity index (χ2n) is 18.5. The SMILES string of the molecule is CCN(CC)c1ccc2c(-c3ccc(S(=O)(=O)NCCCCCC(=O)NCCCc4ccc5c(c4)CO[C@@]5(CCCN(C)C)c4ccc(F)cc4)cc3S(=O)(=O)[O-])c3ccc(=[N+](CC)CC)cc-3oc2c1. The number of nitrogens with zero attached hydrogens (tertiary/aromatic N) is 3. The first-order valence-electron chi connectivity index (χ1n) is 24.9. The van der Waals surface area contributed by atoms with Gasteiger partial charge in [-0.15, -0.1) is 0 Å². The molecule has 0 aromatic heterocycles. The van der Waals surface area contributed by atoms with Crippen LogP contribution in [0.5, 0.6) is 0 Å². The van der Waals surface area contributed by atoms with E-state index in [0.29, 0.717) is 60.3 Å². The third-order valence-corrected chi connectivity index (χ3v) is 15.9. The van der Waals surface area contributed by atoms with Gasteiger partial charge in [0.2, 0.25) is 21.3 Å². The Bertz CT molecular complexity index is 3090. The Morgan fingerprint density at radius 2 is 1.55 bits per heavy atom. The monoisotopic (exact) mass is 1010 g/mol. The van der Waals surface area contributed by atoms with Crippen LogP contribution in [0.1, 0.15) is 94.9 Å². The Morgan fingerprint density at radius 1 is 0.803 bits per heavy atom. The lowest BCUT2D eigenvalue weighted by molar-refractivity contribution is -0.121. The topological polar surface area (TPSA) is 164 Å². The fourth-order valence-corrected chi connectivity index (χ4v) is 11.7. The van der Waals surface area contributed by atoms with Crippen molar-refractivity contribution in [3.63, 3.8) is 0 Å². The predicted molar refractivity (Wildman–Crippen MR) is 277 cm³/mol. The molecule has 380 valence electrons. The third kappa shape index (κ3) is 12.4. The molecule has 0 bridgehead atoms. The molecule has 2 heterocycles. The van der Waals surface area contributed by atoms with Gasteiger partial charge in [0.1, 0.15) is 46.0 Å². The molecular weight excluding hydrogens is 942 g/mol. The quantitative estimate of drug-likeness (QED) is 0.0260. The van der Waals surface area contributed by atoms with Crippen LogP contribution in [-0.4, -0.2) is 92.1 Å². The van der Waals surface area contributed by atoms with E-state index in [1.165, 1.54) is 24.3 Å². The van der Waals surface area contributed by atoms with Gasteiger partial charge in [0, 0.05) is 72.5 Å². The smallest absolute Gasteiger partial charge is 0.240 e. The molecule has 0 spiro atoms. The largest absolute Gasteiger partial charge is 0.744 e. The van der Waals surface area contributed by atoms with Crippen LogP contribution in [-0.2, 0) is 48.3 Å². The van der Waals surface area contributed by atoms with E-state index in [-0.39, 0.29) is 35.1 Å². The van der Waals surface area contributed by atoms with Crippen molar-refractivity contribution in [2.45, 2.75) is 101 Å². The third-order valence-electron chi connectivity index (χ3n) is 13.6. The van der Waals surface area contributed by atoms with E-state index in [1.54, 1.807) is 0 Å². The number of carbonyl (C=O) groups is 1. The molecule has 1 aliphatic carbocycles. The van der Waals surface area contributed by atoms with Crippen molar-refractivity contribution in [1.82, 2.24) is 19.5 Å². The van der Waals surface area contributed by atoms with Crippen LogP contribution < -0.4 is 24.9 Å². The van der Waals surface area contributed by atoms with E-state index in [2.05, 4.69) is 70.3 Å². The lowest BCUT2D eigenvalue weighted by Gasteiger charge is -2.31. The van der Waals surface area contributed by atoms with Gasteiger partial charge in [0.25, 0.3) is 0 Å². The number of rotatable bonds is 24. The summed E-state index contributed by atoms with van der Waals surface area (Å²) in [6.45, 7) is 13.2. The number of nitrogens with one attached hydrogen (secondary N) is 2.